The van der Waals surface area contributed by atoms with E-state index in [2.05, 4.69) is 13.5 Å². The second kappa shape index (κ2) is 5.42. The number of aliphatic hydroxyl groups is 1. The molecule has 0 bridgehead atoms. The molecule has 0 saturated heterocycles. The van der Waals surface area contributed by atoms with Crippen LogP contribution in [0.3, 0.4) is 0 Å². The maximum atomic E-state index is 8.83. The highest BCUT2D eigenvalue weighted by atomic mass is 16.3. The Morgan fingerprint density at radius 1 is 1.67 bits per heavy atom. The smallest absolute Gasteiger partial charge is 0.111 e. The first kappa shape index (κ1) is 8.28. The van der Waals surface area contributed by atoms with E-state index >= 15 is 0 Å². The third-order valence-corrected chi connectivity index (χ3v) is 1.12. The molecule has 0 atom stereocenters. The van der Waals surface area contributed by atoms with Gasteiger partial charge in [0, 0.05) is 0 Å². The van der Waals surface area contributed by atoms with Crippen molar-refractivity contribution < 1.29 is 5.11 Å². The minimum Gasteiger partial charge on any atom is -0.508 e. The fraction of sp³-hybridized carbons (Fsp3) is 0.500. The molecule has 1 heteroatoms. The Morgan fingerprint density at radius 2 is 2.33 bits per heavy atom. The van der Waals surface area contributed by atoms with Crippen molar-refractivity contribution in [3.05, 3.63) is 24.5 Å². The van der Waals surface area contributed by atoms with Gasteiger partial charge in [-0.1, -0.05) is 19.9 Å². The zero-order chi connectivity index (χ0) is 7.11. The van der Waals surface area contributed by atoms with Crippen molar-refractivity contribution in [1.29, 1.82) is 0 Å². The van der Waals surface area contributed by atoms with Gasteiger partial charge < -0.3 is 5.11 Å². The summed E-state index contributed by atoms with van der Waals surface area (Å²) in [5.41, 5.74) is 0. The van der Waals surface area contributed by atoms with E-state index in [0.29, 0.717) is 5.76 Å². The molecule has 0 aromatic rings. The zero-order valence-electron chi connectivity index (χ0n) is 5.93. The van der Waals surface area contributed by atoms with Gasteiger partial charge in [-0.2, -0.15) is 0 Å². The van der Waals surface area contributed by atoms with Crippen LogP contribution in [0.15, 0.2) is 24.5 Å². The molecule has 0 aliphatic rings. The highest BCUT2D eigenvalue weighted by Gasteiger charge is 1.81. The average molecular weight is 126 g/mol. The van der Waals surface area contributed by atoms with E-state index in [9.17, 15) is 0 Å². The first-order valence-corrected chi connectivity index (χ1v) is 3.32. The number of allylic oxidation sites excluding steroid dienone is 2. The van der Waals surface area contributed by atoms with Crippen LogP contribution in [-0.4, -0.2) is 5.11 Å². The van der Waals surface area contributed by atoms with Gasteiger partial charge in [0.25, 0.3) is 0 Å². The van der Waals surface area contributed by atoms with Crippen LogP contribution in [0.4, 0.5) is 0 Å². The molecule has 0 aromatic carbocycles. The fourth-order valence-electron chi connectivity index (χ4n) is 0.537. The lowest BCUT2D eigenvalue weighted by Crippen LogP contribution is -1.73. The van der Waals surface area contributed by atoms with Crippen molar-refractivity contribution in [2.45, 2.75) is 26.2 Å². The molecule has 0 rings (SSSR count). The summed E-state index contributed by atoms with van der Waals surface area (Å²) in [7, 11) is 0. The Bertz CT molecular complexity index is 103. The van der Waals surface area contributed by atoms with Crippen LogP contribution in [0.2, 0.25) is 0 Å². The molecule has 0 saturated carbocycles. The van der Waals surface area contributed by atoms with E-state index < -0.39 is 0 Å². The molecule has 0 aromatic heterocycles. The maximum absolute atomic E-state index is 8.83. The van der Waals surface area contributed by atoms with Crippen LogP contribution in [0.5, 0.6) is 0 Å². The molecule has 0 unspecified atom stereocenters. The van der Waals surface area contributed by atoms with Gasteiger partial charge in [0.05, 0.1) is 0 Å². The van der Waals surface area contributed by atoms with Gasteiger partial charge in [-0.25, -0.2) is 0 Å². The normalized spacial score (nSPS) is 11.4. The van der Waals surface area contributed by atoms with Crippen LogP contribution in [-0.2, 0) is 0 Å². The molecule has 0 fully saturated rings. The molecular formula is C8H14O. The van der Waals surface area contributed by atoms with E-state index in [-0.39, 0.29) is 0 Å². The SMILES string of the molecule is C=C/C(O)=C\CCCC. The van der Waals surface area contributed by atoms with Crippen molar-refractivity contribution in [3.63, 3.8) is 0 Å². The van der Waals surface area contributed by atoms with E-state index in [0.717, 1.165) is 12.8 Å². The molecule has 0 heterocycles. The molecule has 1 N–H and O–H groups in total. The van der Waals surface area contributed by atoms with Gasteiger partial charge in [0.1, 0.15) is 5.76 Å². The van der Waals surface area contributed by atoms with Gasteiger partial charge in [-0.15, -0.1) is 0 Å². The van der Waals surface area contributed by atoms with Gasteiger partial charge in [-0.05, 0) is 25.0 Å². The fourth-order valence-corrected chi connectivity index (χ4v) is 0.537. The van der Waals surface area contributed by atoms with Gasteiger partial charge in [0.15, 0.2) is 0 Å². The molecule has 0 amide bonds. The minimum absolute atomic E-state index is 0.295. The molecule has 0 aliphatic carbocycles. The van der Waals surface area contributed by atoms with Crippen molar-refractivity contribution >= 4 is 0 Å². The highest BCUT2D eigenvalue weighted by Crippen LogP contribution is 1.98. The predicted molar refractivity (Wildman–Crippen MR) is 40.4 cm³/mol. The standard InChI is InChI=1S/C8H14O/c1-3-5-6-7-8(9)4-2/h4,7,9H,2-3,5-6H2,1H3/b8-7+. The molecule has 1 nitrogen and oxygen atoms in total. The number of aliphatic hydroxyl groups excluding tert-OH is 1. The van der Waals surface area contributed by atoms with Gasteiger partial charge in [-0.3, -0.25) is 0 Å². The zero-order valence-corrected chi connectivity index (χ0v) is 5.93. The van der Waals surface area contributed by atoms with Crippen LogP contribution in [0.1, 0.15) is 26.2 Å². The van der Waals surface area contributed by atoms with Gasteiger partial charge >= 0.3 is 0 Å². The van der Waals surface area contributed by atoms with E-state index in [1.807, 2.05) is 0 Å². The first-order valence-electron chi connectivity index (χ1n) is 3.32. The second-order valence-electron chi connectivity index (χ2n) is 1.98. The van der Waals surface area contributed by atoms with Crippen LogP contribution in [0, 0.1) is 0 Å². The lowest BCUT2D eigenvalue weighted by Gasteiger charge is -1.89. The topological polar surface area (TPSA) is 20.2 Å². The second-order valence-corrected chi connectivity index (χ2v) is 1.98. The van der Waals surface area contributed by atoms with Crippen LogP contribution in [0.25, 0.3) is 0 Å². The number of unbranched alkanes of at least 4 members (excludes halogenated alkanes) is 2. The van der Waals surface area contributed by atoms with E-state index in [4.69, 9.17) is 5.11 Å². The quantitative estimate of drug-likeness (QED) is 0.349. The maximum Gasteiger partial charge on any atom is 0.111 e. The van der Waals surface area contributed by atoms with Gasteiger partial charge in [0.2, 0.25) is 0 Å². The minimum atomic E-state index is 0.295. The van der Waals surface area contributed by atoms with E-state index in [1.165, 1.54) is 12.5 Å². The van der Waals surface area contributed by atoms with Crippen molar-refractivity contribution in [2.24, 2.45) is 0 Å². The number of hydrogen-bond donors (Lipinski definition) is 1. The van der Waals surface area contributed by atoms with Crippen LogP contribution >= 0.6 is 0 Å². The monoisotopic (exact) mass is 126 g/mol. The summed E-state index contributed by atoms with van der Waals surface area (Å²) in [6.07, 6.45) is 6.50. The third kappa shape index (κ3) is 5.15. The number of rotatable bonds is 4. The predicted octanol–water partition coefficient (Wildman–Crippen LogP) is 2.80. The molecule has 0 spiro atoms. The van der Waals surface area contributed by atoms with E-state index in [1.54, 1.807) is 6.08 Å². The summed E-state index contributed by atoms with van der Waals surface area (Å²) >= 11 is 0. The largest absolute Gasteiger partial charge is 0.508 e. The Morgan fingerprint density at radius 3 is 2.78 bits per heavy atom. The summed E-state index contributed by atoms with van der Waals surface area (Å²) < 4.78 is 0. The molecule has 0 radical (unpaired) electrons. The third-order valence-electron chi connectivity index (χ3n) is 1.12. The first-order chi connectivity index (χ1) is 4.31. The molecular weight excluding hydrogens is 112 g/mol. The van der Waals surface area contributed by atoms with Crippen LogP contribution < -0.4 is 0 Å². The van der Waals surface area contributed by atoms with Crippen molar-refractivity contribution in [1.82, 2.24) is 0 Å². The summed E-state index contributed by atoms with van der Waals surface area (Å²) in [5, 5.41) is 8.83. The Hall–Kier alpha value is -0.720. The Balaban J connectivity index is 3.31. The van der Waals surface area contributed by atoms with Crippen molar-refractivity contribution in [3.8, 4) is 0 Å². The summed E-state index contributed by atoms with van der Waals surface area (Å²) in [4.78, 5) is 0. The van der Waals surface area contributed by atoms with Crippen molar-refractivity contribution in [2.75, 3.05) is 0 Å². The molecule has 9 heavy (non-hydrogen) atoms. The molecule has 52 valence electrons. The lowest BCUT2D eigenvalue weighted by atomic mass is 10.2. The average Bonchev–Trinajstić information content (AvgIpc) is 1.89. The highest BCUT2D eigenvalue weighted by molar-refractivity contribution is 5.05. The Kier molecular flexibility index (Phi) is 4.98. The summed E-state index contributed by atoms with van der Waals surface area (Å²) in [6.45, 7) is 5.54. The summed E-state index contributed by atoms with van der Waals surface area (Å²) in [6, 6.07) is 0. The summed E-state index contributed by atoms with van der Waals surface area (Å²) in [5.74, 6) is 0.295. The molecule has 0 aliphatic heterocycles. The Labute approximate surface area is 56.7 Å². The lowest BCUT2D eigenvalue weighted by molar-refractivity contribution is 0.429. The number of hydrogen-bond acceptors (Lipinski definition) is 1.